The topological polar surface area (TPSA) is 54.0 Å². The summed E-state index contributed by atoms with van der Waals surface area (Å²) < 4.78 is 0. The molecule has 1 aromatic heterocycles. The molecule has 6 heteroatoms. The molecule has 0 spiro atoms. The van der Waals surface area contributed by atoms with E-state index in [4.69, 9.17) is 0 Å². The van der Waals surface area contributed by atoms with Crippen molar-refractivity contribution in [2.24, 2.45) is 0 Å². The van der Waals surface area contributed by atoms with Gasteiger partial charge in [-0.25, -0.2) is 4.98 Å². The van der Waals surface area contributed by atoms with E-state index in [1.54, 1.807) is 6.20 Å². The third kappa shape index (κ3) is 3.43. The Morgan fingerprint density at radius 1 is 1.69 bits per heavy atom. The van der Waals surface area contributed by atoms with Crippen LogP contribution in [-0.2, 0) is 0 Å². The molecule has 1 aliphatic heterocycles. The lowest BCUT2D eigenvalue weighted by atomic mass is 10.1. The van der Waals surface area contributed by atoms with Gasteiger partial charge in [0.15, 0.2) is 0 Å². The van der Waals surface area contributed by atoms with Crippen molar-refractivity contribution in [1.29, 1.82) is 0 Å². The smallest absolute Gasteiger partial charge is 0.263 e. The van der Waals surface area contributed by atoms with E-state index >= 15 is 0 Å². The second kappa shape index (κ2) is 6.18. The normalized spacial score (nSPS) is 19.9. The number of thiazole rings is 1. The molecule has 1 unspecified atom stereocenters. The fourth-order valence-corrected chi connectivity index (χ4v) is 2.38. The fourth-order valence-electron chi connectivity index (χ4n) is 1.70. The first-order valence-electron chi connectivity index (χ1n) is 5.20. The maximum atomic E-state index is 11.8. The first-order chi connectivity index (χ1) is 7.25. The lowest BCUT2D eigenvalue weighted by molar-refractivity contribution is 0.0934. The summed E-state index contributed by atoms with van der Waals surface area (Å²) in [5.74, 6) is 0.00861. The van der Waals surface area contributed by atoms with Crippen LogP contribution in [0.25, 0.3) is 0 Å². The summed E-state index contributed by atoms with van der Waals surface area (Å²) in [6, 6.07) is 0.272. The van der Waals surface area contributed by atoms with Crippen LogP contribution in [0.2, 0.25) is 0 Å². The van der Waals surface area contributed by atoms with Gasteiger partial charge in [-0.15, -0.1) is 23.7 Å². The molecule has 4 nitrogen and oxygen atoms in total. The third-order valence-corrected chi connectivity index (χ3v) is 3.39. The Hall–Kier alpha value is -0.650. The summed E-state index contributed by atoms with van der Waals surface area (Å²) >= 11 is 1.44. The van der Waals surface area contributed by atoms with E-state index in [0.717, 1.165) is 30.9 Å². The van der Waals surface area contributed by atoms with E-state index in [1.165, 1.54) is 11.3 Å². The number of halogens is 1. The lowest BCUT2D eigenvalue weighted by Crippen LogP contribution is -2.45. The zero-order chi connectivity index (χ0) is 10.7. The van der Waals surface area contributed by atoms with Gasteiger partial charge in [-0.3, -0.25) is 4.79 Å². The lowest BCUT2D eigenvalue weighted by Gasteiger charge is -2.23. The maximum absolute atomic E-state index is 11.8. The molecule has 2 rings (SSSR count). The molecule has 2 heterocycles. The SMILES string of the molecule is Cc1ncc(C(=O)NC2CCCNC2)s1.Cl. The van der Waals surface area contributed by atoms with Gasteiger partial charge in [0.2, 0.25) is 0 Å². The molecule has 0 bridgehead atoms. The number of aryl methyl sites for hydroxylation is 1. The van der Waals surface area contributed by atoms with Crippen LogP contribution in [0.1, 0.15) is 27.5 Å². The number of amides is 1. The standard InChI is InChI=1S/C10H15N3OS.ClH/c1-7-12-6-9(15-7)10(14)13-8-3-2-4-11-5-8;/h6,8,11H,2-5H2,1H3,(H,13,14);1H. The summed E-state index contributed by atoms with van der Waals surface area (Å²) in [6.45, 7) is 3.85. The molecule has 0 aliphatic carbocycles. The van der Waals surface area contributed by atoms with Crippen molar-refractivity contribution < 1.29 is 4.79 Å². The summed E-state index contributed by atoms with van der Waals surface area (Å²) in [5, 5.41) is 7.22. The molecule has 1 aliphatic rings. The predicted molar refractivity (Wildman–Crippen MR) is 67.5 cm³/mol. The molecule has 1 aromatic rings. The van der Waals surface area contributed by atoms with Gasteiger partial charge in [0.25, 0.3) is 5.91 Å². The van der Waals surface area contributed by atoms with Gasteiger partial charge in [0, 0.05) is 12.6 Å². The van der Waals surface area contributed by atoms with Crippen LogP contribution in [0, 0.1) is 6.92 Å². The molecule has 0 aromatic carbocycles. The fraction of sp³-hybridized carbons (Fsp3) is 0.600. The highest BCUT2D eigenvalue weighted by Crippen LogP contribution is 2.12. The number of hydrogen-bond donors (Lipinski definition) is 2. The average molecular weight is 262 g/mol. The van der Waals surface area contributed by atoms with Crippen molar-refractivity contribution in [3.05, 3.63) is 16.1 Å². The van der Waals surface area contributed by atoms with E-state index in [2.05, 4.69) is 15.6 Å². The van der Waals surface area contributed by atoms with Crippen LogP contribution in [0.3, 0.4) is 0 Å². The zero-order valence-corrected chi connectivity index (χ0v) is 10.8. The maximum Gasteiger partial charge on any atom is 0.263 e. The van der Waals surface area contributed by atoms with Crippen LogP contribution in [0.5, 0.6) is 0 Å². The van der Waals surface area contributed by atoms with Gasteiger partial charge < -0.3 is 10.6 Å². The minimum absolute atomic E-state index is 0. The Labute approximate surface area is 105 Å². The number of carbonyl (C=O) groups is 1. The number of aromatic nitrogens is 1. The van der Waals surface area contributed by atoms with Crippen LogP contribution < -0.4 is 10.6 Å². The van der Waals surface area contributed by atoms with E-state index in [1.807, 2.05) is 6.92 Å². The predicted octanol–water partition coefficient (Wildman–Crippen LogP) is 1.36. The molecule has 0 saturated carbocycles. The van der Waals surface area contributed by atoms with E-state index in [0.29, 0.717) is 4.88 Å². The molecule has 16 heavy (non-hydrogen) atoms. The first kappa shape index (κ1) is 13.4. The van der Waals surface area contributed by atoms with Crippen molar-refractivity contribution in [3.8, 4) is 0 Å². The number of carbonyl (C=O) groups excluding carboxylic acids is 1. The summed E-state index contributed by atoms with van der Waals surface area (Å²) in [4.78, 5) is 16.5. The number of rotatable bonds is 2. The van der Waals surface area contributed by atoms with Gasteiger partial charge in [0.05, 0.1) is 11.2 Å². The van der Waals surface area contributed by atoms with Crippen molar-refractivity contribution in [2.75, 3.05) is 13.1 Å². The molecule has 1 amide bonds. The van der Waals surface area contributed by atoms with Crippen molar-refractivity contribution in [3.63, 3.8) is 0 Å². The Morgan fingerprint density at radius 3 is 3.06 bits per heavy atom. The number of piperidine rings is 1. The van der Waals surface area contributed by atoms with Gasteiger partial charge in [0.1, 0.15) is 4.88 Å². The Balaban J connectivity index is 0.00000128. The monoisotopic (exact) mass is 261 g/mol. The van der Waals surface area contributed by atoms with Crippen molar-refractivity contribution >= 4 is 29.7 Å². The van der Waals surface area contributed by atoms with Crippen LogP contribution in [0.15, 0.2) is 6.20 Å². The molecule has 90 valence electrons. The molecule has 1 atom stereocenters. The van der Waals surface area contributed by atoms with Crippen LogP contribution in [-0.4, -0.2) is 30.0 Å². The van der Waals surface area contributed by atoms with Gasteiger partial charge in [-0.1, -0.05) is 0 Å². The highest BCUT2D eigenvalue weighted by Gasteiger charge is 2.17. The summed E-state index contributed by atoms with van der Waals surface area (Å²) in [6.07, 6.45) is 3.84. The highest BCUT2D eigenvalue weighted by molar-refractivity contribution is 7.13. The second-order valence-electron chi connectivity index (χ2n) is 3.76. The van der Waals surface area contributed by atoms with Crippen LogP contribution >= 0.6 is 23.7 Å². The molecule has 1 saturated heterocycles. The Bertz CT molecular complexity index is 350. The first-order valence-corrected chi connectivity index (χ1v) is 6.01. The molecular formula is C10H16ClN3OS. The Kier molecular flexibility index (Phi) is 5.18. The molecule has 1 fully saturated rings. The number of nitrogens with one attached hydrogen (secondary N) is 2. The number of nitrogens with zero attached hydrogens (tertiary/aromatic N) is 1. The van der Waals surface area contributed by atoms with Crippen molar-refractivity contribution in [2.45, 2.75) is 25.8 Å². The van der Waals surface area contributed by atoms with Gasteiger partial charge >= 0.3 is 0 Å². The quantitative estimate of drug-likeness (QED) is 0.845. The van der Waals surface area contributed by atoms with E-state index in [9.17, 15) is 4.79 Å². The van der Waals surface area contributed by atoms with E-state index in [-0.39, 0.29) is 24.4 Å². The summed E-state index contributed by atoms with van der Waals surface area (Å²) in [5.41, 5.74) is 0. The molecule has 0 radical (unpaired) electrons. The van der Waals surface area contributed by atoms with Gasteiger partial charge in [-0.2, -0.15) is 0 Å². The molecule has 2 N–H and O–H groups in total. The minimum atomic E-state index is 0. The summed E-state index contributed by atoms with van der Waals surface area (Å²) in [7, 11) is 0. The number of hydrogen-bond acceptors (Lipinski definition) is 4. The average Bonchev–Trinajstić information content (AvgIpc) is 2.66. The van der Waals surface area contributed by atoms with Crippen molar-refractivity contribution in [1.82, 2.24) is 15.6 Å². The van der Waals surface area contributed by atoms with Crippen LogP contribution in [0.4, 0.5) is 0 Å². The zero-order valence-electron chi connectivity index (χ0n) is 9.16. The van der Waals surface area contributed by atoms with E-state index < -0.39 is 0 Å². The second-order valence-corrected chi connectivity index (χ2v) is 5.00. The molecular weight excluding hydrogens is 246 g/mol. The highest BCUT2D eigenvalue weighted by atomic mass is 35.5. The largest absolute Gasteiger partial charge is 0.347 e. The van der Waals surface area contributed by atoms with Gasteiger partial charge in [-0.05, 0) is 26.3 Å². The minimum Gasteiger partial charge on any atom is -0.347 e. The third-order valence-electron chi connectivity index (χ3n) is 2.48. The Morgan fingerprint density at radius 2 is 2.50 bits per heavy atom.